The summed E-state index contributed by atoms with van der Waals surface area (Å²) in [6.07, 6.45) is 6.15. The van der Waals surface area contributed by atoms with Crippen LogP contribution in [0.3, 0.4) is 0 Å². The quantitative estimate of drug-likeness (QED) is 0.845. The molecule has 2 aromatic heterocycles. The summed E-state index contributed by atoms with van der Waals surface area (Å²) in [5.41, 5.74) is 9.04. The van der Waals surface area contributed by atoms with E-state index in [1.807, 2.05) is 6.92 Å². The number of aromatic nitrogens is 2. The van der Waals surface area contributed by atoms with Crippen molar-refractivity contribution >= 4 is 23.0 Å². The molecule has 1 aliphatic carbocycles. The molecule has 3 N–H and O–H groups in total. The van der Waals surface area contributed by atoms with Crippen LogP contribution in [0.2, 0.25) is 0 Å². The molecule has 0 bridgehead atoms. The predicted octanol–water partition coefficient (Wildman–Crippen LogP) is 2.50. The van der Waals surface area contributed by atoms with Crippen LogP contribution in [-0.4, -0.2) is 15.0 Å². The van der Waals surface area contributed by atoms with Crippen LogP contribution in [0.1, 0.15) is 41.3 Å². The number of nitrogens with zero attached hydrogens (tertiary/aromatic N) is 2. The molecule has 0 fully saturated rings. The number of nitrogens with one attached hydrogen (secondary N) is 1. The molecule has 6 heteroatoms. The molecule has 3 rings (SSSR count). The summed E-state index contributed by atoms with van der Waals surface area (Å²) in [6, 6.07) is 2.08. The lowest BCUT2D eigenvalue weighted by Crippen LogP contribution is -2.18. The normalized spacial score (nSPS) is 13.8. The second-order valence-electron chi connectivity index (χ2n) is 5.28. The van der Waals surface area contributed by atoms with Gasteiger partial charge in [0.05, 0.1) is 18.3 Å². The van der Waals surface area contributed by atoms with Gasteiger partial charge in [0.2, 0.25) is 5.89 Å². The lowest BCUT2D eigenvalue weighted by molar-refractivity contribution is 0.478. The Hall–Kier alpha value is -1.95. The molecule has 5 nitrogen and oxygen atoms in total. The highest BCUT2D eigenvalue weighted by Crippen LogP contribution is 2.25. The molecule has 0 unspecified atom stereocenters. The van der Waals surface area contributed by atoms with Gasteiger partial charge < -0.3 is 15.5 Å². The van der Waals surface area contributed by atoms with E-state index in [1.165, 1.54) is 18.4 Å². The molecule has 110 valence electrons. The summed E-state index contributed by atoms with van der Waals surface area (Å²) < 4.78 is 5.45. The zero-order valence-electron chi connectivity index (χ0n) is 12.0. The number of hydrogen-bond donors (Lipinski definition) is 2. The number of thiocarbonyl (C=S) groups is 1. The van der Waals surface area contributed by atoms with Crippen molar-refractivity contribution in [3.63, 3.8) is 0 Å². The predicted molar refractivity (Wildman–Crippen MR) is 85.3 cm³/mol. The highest BCUT2D eigenvalue weighted by atomic mass is 32.1. The van der Waals surface area contributed by atoms with Crippen molar-refractivity contribution in [3.8, 4) is 0 Å². The van der Waals surface area contributed by atoms with Crippen LogP contribution in [0.25, 0.3) is 0 Å². The fourth-order valence-corrected chi connectivity index (χ4v) is 2.75. The van der Waals surface area contributed by atoms with Crippen molar-refractivity contribution in [2.75, 3.05) is 5.32 Å². The number of anilines is 1. The third-order valence-electron chi connectivity index (χ3n) is 3.64. The zero-order valence-corrected chi connectivity index (χ0v) is 12.8. The van der Waals surface area contributed by atoms with Crippen LogP contribution in [0.15, 0.2) is 16.7 Å². The van der Waals surface area contributed by atoms with E-state index in [9.17, 15) is 0 Å². The average molecular weight is 302 g/mol. The highest BCUT2D eigenvalue weighted by molar-refractivity contribution is 7.80. The Morgan fingerprint density at radius 2 is 2.24 bits per heavy atom. The molecule has 2 heterocycles. The summed E-state index contributed by atoms with van der Waals surface area (Å²) in [4.78, 5) is 9.24. The van der Waals surface area contributed by atoms with Crippen LogP contribution in [0.5, 0.6) is 0 Å². The average Bonchev–Trinajstić information content (AvgIpc) is 2.89. The minimum Gasteiger partial charge on any atom is -0.444 e. The van der Waals surface area contributed by atoms with E-state index in [4.69, 9.17) is 27.4 Å². The van der Waals surface area contributed by atoms with Crippen molar-refractivity contribution in [1.29, 1.82) is 0 Å². The van der Waals surface area contributed by atoms with Gasteiger partial charge in [0.1, 0.15) is 16.6 Å². The molecule has 0 saturated carbocycles. The second kappa shape index (κ2) is 5.81. The fourth-order valence-electron chi connectivity index (χ4n) is 2.60. The first-order valence-corrected chi connectivity index (χ1v) is 7.52. The first-order chi connectivity index (χ1) is 10.1. The van der Waals surface area contributed by atoms with Crippen LogP contribution in [0, 0.1) is 6.92 Å². The topological polar surface area (TPSA) is 77.0 Å². The van der Waals surface area contributed by atoms with E-state index in [1.54, 1.807) is 6.20 Å². The summed E-state index contributed by atoms with van der Waals surface area (Å²) in [7, 11) is 0. The molecular weight excluding hydrogens is 284 g/mol. The van der Waals surface area contributed by atoms with Crippen molar-refractivity contribution in [1.82, 2.24) is 9.97 Å². The maximum absolute atomic E-state index is 5.83. The van der Waals surface area contributed by atoms with E-state index in [-0.39, 0.29) is 0 Å². The number of hydrogen-bond acceptors (Lipinski definition) is 5. The molecule has 0 amide bonds. The van der Waals surface area contributed by atoms with Gasteiger partial charge in [0.25, 0.3) is 0 Å². The van der Waals surface area contributed by atoms with Gasteiger partial charge in [0.15, 0.2) is 0 Å². The van der Waals surface area contributed by atoms with Crippen molar-refractivity contribution in [2.24, 2.45) is 5.73 Å². The Bertz CT molecular complexity index is 680. The number of oxazole rings is 1. The van der Waals surface area contributed by atoms with Gasteiger partial charge in [-0.25, -0.2) is 9.97 Å². The summed E-state index contributed by atoms with van der Waals surface area (Å²) in [5.74, 6) is 2.14. The van der Waals surface area contributed by atoms with Crippen LogP contribution in [-0.2, 0) is 19.4 Å². The molecule has 0 aromatic carbocycles. The Morgan fingerprint density at radius 3 is 2.95 bits per heavy atom. The van der Waals surface area contributed by atoms with Gasteiger partial charge in [0, 0.05) is 5.69 Å². The Morgan fingerprint density at radius 1 is 1.43 bits per heavy atom. The molecule has 0 saturated heterocycles. The molecular formula is C15H18N4OS. The SMILES string of the molecule is Cc1cnc(CNc2nc3c(cc2C(N)=S)CCCC3)o1. The first kappa shape index (κ1) is 14.0. The van der Waals surface area contributed by atoms with Crippen LogP contribution < -0.4 is 11.1 Å². The number of pyridine rings is 1. The second-order valence-corrected chi connectivity index (χ2v) is 5.72. The molecule has 1 aliphatic rings. The number of fused-ring (bicyclic) bond motifs is 1. The maximum atomic E-state index is 5.83. The monoisotopic (exact) mass is 302 g/mol. The third-order valence-corrected chi connectivity index (χ3v) is 3.86. The minimum absolute atomic E-state index is 0.363. The van der Waals surface area contributed by atoms with Gasteiger partial charge in [-0.1, -0.05) is 12.2 Å². The summed E-state index contributed by atoms with van der Waals surface area (Å²) in [6.45, 7) is 2.34. The van der Waals surface area contributed by atoms with E-state index in [0.29, 0.717) is 17.4 Å². The van der Waals surface area contributed by atoms with E-state index < -0.39 is 0 Å². The van der Waals surface area contributed by atoms with Crippen LogP contribution in [0.4, 0.5) is 5.82 Å². The lowest BCUT2D eigenvalue weighted by atomic mass is 9.94. The van der Waals surface area contributed by atoms with Gasteiger partial charge in [-0.15, -0.1) is 0 Å². The van der Waals surface area contributed by atoms with E-state index >= 15 is 0 Å². The van der Waals surface area contributed by atoms with Gasteiger partial charge in [-0.05, 0) is 44.2 Å². The number of aryl methyl sites for hydroxylation is 3. The zero-order chi connectivity index (χ0) is 14.8. The first-order valence-electron chi connectivity index (χ1n) is 7.11. The smallest absolute Gasteiger partial charge is 0.213 e. The van der Waals surface area contributed by atoms with Gasteiger partial charge >= 0.3 is 0 Å². The molecule has 0 aliphatic heterocycles. The van der Waals surface area contributed by atoms with Crippen molar-refractivity contribution in [3.05, 3.63) is 40.7 Å². The Balaban J connectivity index is 1.87. The van der Waals surface area contributed by atoms with Crippen molar-refractivity contribution < 1.29 is 4.42 Å². The minimum atomic E-state index is 0.363. The Kier molecular flexibility index (Phi) is 3.88. The van der Waals surface area contributed by atoms with E-state index in [0.717, 1.165) is 35.7 Å². The molecule has 0 radical (unpaired) electrons. The summed E-state index contributed by atoms with van der Waals surface area (Å²) >= 11 is 5.15. The molecule has 0 atom stereocenters. The van der Waals surface area contributed by atoms with Gasteiger partial charge in [-0.3, -0.25) is 0 Å². The largest absolute Gasteiger partial charge is 0.444 e. The summed E-state index contributed by atoms with van der Waals surface area (Å²) in [5, 5.41) is 3.24. The number of rotatable bonds is 4. The highest BCUT2D eigenvalue weighted by Gasteiger charge is 2.16. The molecule has 21 heavy (non-hydrogen) atoms. The Labute approximate surface area is 129 Å². The number of nitrogens with two attached hydrogens (primary N) is 1. The fraction of sp³-hybridized carbons (Fsp3) is 0.400. The van der Waals surface area contributed by atoms with Gasteiger partial charge in [-0.2, -0.15) is 0 Å². The van der Waals surface area contributed by atoms with E-state index in [2.05, 4.69) is 16.4 Å². The third kappa shape index (κ3) is 3.05. The standard InChI is InChI=1S/C15H18N4OS/c1-9-7-17-13(20-9)8-18-15-11(14(16)21)6-10-4-2-3-5-12(10)19-15/h6-7H,2-5,8H2,1H3,(H2,16,21)(H,18,19). The van der Waals surface area contributed by atoms with Crippen LogP contribution >= 0.6 is 12.2 Å². The maximum Gasteiger partial charge on any atom is 0.213 e. The molecule has 2 aromatic rings. The molecule has 0 spiro atoms. The van der Waals surface area contributed by atoms with Crippen molar-refractivity contribution in [2.45, 2.75) is 39.2 Å². The lowest BCUT2D eigenvalue weighted by Gasteiger charge is -2.18.